The van der Waals surface area contributed by atoms with Gasteiger partial charge in [-0.2, -0.15) is 0 Å². The van der Waals surface area contributed by atoms with Crippen molar-refractivity contribution in [3.63, 3.8) is 0 Å². The summed E-state index contributed by atoms with van der Waals surface area (Å²) in [6, 6.07) is 24.2. The van der Waals surface area contributed by atoms with Gasteiger partial charge in [0.05, 0.1) is 20.3 Å². The molecular formula is C31H23Cl3FN3O3S. The number of carbonyl (C=O) groups is 3. The smallest absolute Gasteiger partial charge is 0.272 e. The van der Waals surface area contributed by atoms with Crippen molar-refractivity contribution in [2.24, 2.45) is 0 Å². The molecule has 3 N–H and O–H groups in total. The minimum Gasteiger partial charge on any atom is -0.325 e. The summed E-state index contributed by atoms with van der Waals surface area (Å²) in [6.07, 6.45) is 1.44. The third-order valence-corrected chi connectivity index (χ3v) is 7.99. The van der Waals surface area contributed by atoms with Crippen molar-refractivity contribution in [2.75, 3.05) is 10.6 Å². The van der Waals surface area contributed by atoms with E-state index in [1.54, 1.807) is 79.7 Å². The lowest BCUT2D eigenvalue weighted by Crippen LogP contribution is -2.30. The second kappa shape index (κ2) is 14.4. The third kappa shape index (κ3) is 8.36. The predicted octanol–water partition coefficient (Wildman–Crippen LogP) is 8.31. The van der Waals surface area contributed by atoms with E-state index in [9.17, 15) is 18.8 Å². The van der Waals surface area contributed by atoms with Crippen LogP contribution in [-0.2, 0) is 9.59 Å². The van der Waals surface area contributed by atoms with Crippen LogP contribution in [0.15, 0.2) is 102 Å². The quantitative estimate of drug-likeness (QED) is 0.127. The van der Waals surface area contributed by atoms with Gasteiger partial charge in [-0.25, -0.2) is 4.39 Å². The molecule has 0 aliphatic carbocycles. The summed E-state index contributed by atoms with van der Waals surface area (Å²) in [7, 11) is 0. The molecule has 0 fully saturated rings. The highest BCUT2D eigenvalue weighted by Crippen LogP contribution is 2.29. The molecule has 214 valence electrons. The molecule has 1 atom stereocenters. The SMILES string of the molecule is CC(Sc1cccc(NC(=O)/C(=C\c2cccc(Cl)c2Cl)NC(=O)c2ccccc2)c1)C(=O)Nc1ccc(F)c(Cl)c1. The number of hydrogen-bond acceptors (Lipinski definition) is 4. The third-order valence-electron chi connectivity index (χ3n) is 5.77. The molecule has 6 nitrogen and oxygen atoms in total. The predicted molar refractivity (Wildman–Crippen MR) is 169 cm³/mol. The first-order valence-electron chi connectivity index (χ1n) is 12.5. The molecule has 42 heavy (non-hydrogen) atoms. The minimum absolute atomic E-state index is 0.0585. The standard InChI is InChI=1S/C31H23Cl3FN3O3S/c1-18(29(39)36-22-13-14-26(35)25(33)17-22)42-23-11-6-10-21(16-23)37-31(41)27(15-20-9-5-12-24(32)28(20)34)38-30(40)19-7-3-2-4-8-19/h2-18H,1H3,(H,36,39)(H,37,41)(H,38,40)/b27-15+. The van der Waals surface area contributed by atoms with E-state index in [1.807, 2.05) is 0 Å². The van der Waals surface area contributed by atoms with Crippen molar-refractivity contribution in [3.05, 3.63) is 129 Å². The Balaban J connectivity index is 1.50. The monoisotopic (exact) mass is 641 g/mol. The van der Waals surface area contributed by atoms with Crippen molar-refractivity contribution < 1.29 is 18.8 Å². The second-order valence-corrected chi connectivity index (χ2v) is 11.5. The van der Waals surface area contributed by atoms with Gasteiger partial charge in [0.2, 0.25) is 5.91 Å². The fourth-order valence-corrected chi connectivity index (χ4v) is 5.12. The van der Waals surface area contributed by atoms with Gasteiger partial charge in [-0.3, -0.25) is 14.4 Å². The van der Waals surface area contributed by atoms with Gasteiger partial charge in [0.15, 0.2) is 0 Å². The summed E-state index contributed by atoms with van der Waals surface area (Å²) in [6.45, 7) is 1.71. The molecule has 0 spiro atoms. The van der Waals surface area contributed by atoms with Gasteiger partial charge in [-0.05, 0) is 73.2 Å². The van der Waals surface area contributed by atoms with Crippen molar-refractivity contribution in [1.29, 1.82) is 0 Å². The van der Waals surface area contributed by atoms with Crippen LogP contribution in [0.2, 0.25) is 15.1 Å². The molecule has 0 aromatic heterocycles. The molecule has 11 heteroatoms. The normalized spacial score (nSPS) is 11.9. The Morgan fingerprint density at radius 1 is 0.810 bits per heavy atom. The number of rotatable bonds is 9. The molecule has 0 aliphatic rings. The summed E-state index contributed by atoms with van der Waals surface area (Å²) in [5, 5.41) is 8.04. The van der Waals surface area contributed by atoms with Crippen LogP contribution in [-0.4, -0.2) is 23.0 Å². The van der Waals surface area contributed by atoms with E-state index in [1.165, 1.54) is 36.0 Å². The average molecular weight is 643 g/mol. The fraction of sp³-hybridized carbons (Fsp3) is 0.0645. The van der Waals surface area contributed by atoms with Crippen LogP contribution in [0, 0.1) is 5.82 Å². The molecular weight excluding hydrogens is 620 g/mol. The zero-order valence-electron chi connectivity index (χ0n) is 22.0. The van der Waals surface area contributed by atoms with Gasteiger partial charge in [0.25, 0.3) is 11.8 Å². The van der Waals surface area contributed by atoms with Crippen LogP contribution in [0.4, 0.5) is 15.8 Å². The van der Waals surface area contributed by atoms with Crippen molar-refractivity contribution in [1.82, 2.24) is 5.32 Å². The molecule has 0 radical (unpaired) electrons. The fourth-order valence-electron chi connectivity index (χ4n) is 3.65. The summed E-state index contributed by atoms with van der Waals surface area (Å²) in [5.41, 5.74) is 1.55. The minimum atomic E-state index is -0.601. The van der Waals surface area contributed by atoms with Crippen LogP contribution in [0.1, 0.15) is 22.8 Å². The second-order valence-electron chi connectivity index (χ2n) is 8.88. The lowest BCUT2D eigenvalue weighted by Gasteiger charge is -2.14. The molecule has 1 unspecified atom stereocenters. The molecule has 3 amide bonds. The summed E-state index contributed by atoms with van der Waals surface area (Å²) < 4.78 is 13.4. The van der Waals surface area contributed by atoms with E-state index in [0.717, 1.165) is 0 Å². The Hall–Kier alpha value is -3.82. The molecule has 0 saturated heterocycles. The van der Waals surface area contributed by atoms with Gasteiger partial charge >= 0.3 is 0 Å². The van der Waals surface area contributed by atoms with E-state index in [4.69, 9.17) is 34.8 Å². The largest absolute Gasteiger partial charge is 0.325 e. The van der Waals surface area contributed by atoms with Crippen LogP contribution < -0.4 is 16.0 Å². The average Bonchev–Trinajstić information content (AvgIpc) is 2.97. The number of benzene rings is 4. The van der Waals surface area contributed by atoms with Gasteiger partial charge in [-0.15, -0.1) is 11.8 Å². The van der Waals surface area contributed by atoms with Crippen molar-refractivity contribution in [2.45, 2.75) is 17.1 Å². The summed E-state index contributed by atoms with van der Waals surface area (Å²) >= 11 is 19.5. The van der Waals surface area contributed by atoms with Gasteiger partial charge in [0.1, 0.15) is 11.5 Å². The molecule has 0 aliphatic heterocycles. The van der Waals surface area contributed by atoms with Gasteiger partial charge < -0.3 is 16.0 Å². The zero-order valence-corrected chi connectivity index (χ0v) is 25.0. The van der Waals surface area contributed by atoms with Crippen LogP contribution in [0.25, 0.3) is 6.08 Å². The number of halogens is 4. The highest BCUT2D eigenvalue weighted by Gasteiger charge is 2.18. The first kappa shape index (κ1) is 31.1. The number of anilines is 2. The van der Waals surface area contributed by atoms with E-state index < -0.39 is 22.9 Å². The van der Waals surface area contributed by atoms with Gasteiger partial charge in [-0.1, -0.05) is 71.2 Å². The lowest BCUT2D eigenvalue weighted by atomic mass is 10.1. The van der Waals surface area contributed by atoms with E-state index >= 15 is 0 Å². The maximum atomic E-state index is 13.4. The van der Waals surface area contributed by atoms with E-state index in [0.29, 0.717) is 32.4 Å². The number of thioether (sulfide) groups is 1. The molecule has 4 aromatic carbocycles. The maximum absolute atomic E-state index is 13.4. The lowest BCUT2D eigenvalue weighted by molar-refractivity contribution is -0.115. The van der Waals surface area contributed by atoms with Crippen molar-refractivity contribution in [3.8, 4) is 0 Å². The highest BCUT2D eigenvalue weighted by atomic mass is 35.5. The Morgan fingerprint density at radius 2 is 1.52 bits per heavy atom. The topological polar surface area (TPSA) is 87.3 Å². The first-order valence-corrected chi connectivity index (χ1v) is 14.5. The molecule has 4 rings (SSSR count). The number of carbonyl (C=O) groups excluding carboxylic acids is 3. The number of hydrogen-bond donors (Lipinski definition) is 3. The molecule has 0 bridgehead atoms. The Labute approximate surface area is 261 Å². The Morgan fingerprint density at radius 3 is 2.26 bits per heavy atom. The van der Waals surface area contributed by atoms with E-state index in [2.05, 4.69) is 16.0 Å². The summed E-state index contributed by atoms with van der Waals surface area (Å²) in [5.74, 6) is -1.98. The zero-order chi connectivity index (χ0) is 30.2. The Bertz CT molecular complexity index is 1670. The molecule has 4 aromatic rings. The number of amides is 3. The first-order chi connectivity index (χ1) is 20.1. The summed E-state index contributed by atoms with van der Waals surface area (Å²) in [4.78, 5) is 39.7. The van der Waals surface area contributed by atoms with Crippen LogP contribution in [0.5, 0.6) is 0 Å². The highest BCUT2D eigenvalue weighted by molar-refractivity contribution is 8.00. The van der Waals surface area contributed by atoms with E-state index in [-0.39, 0.29) is 21.6 Å². The maximum Gasteiger partial charge on any atom is 0.272 e. The van der Waals surface area contributed by atoms with Crippen molar-refractivity contribution >= 4 is 81.7 Å². The number of nitrogens with one attached hydrogen (secondary N) is 3. The van der Waals surface area contributed by atoms with Gasteiger partial charge in [0, 0.05) is 21.8 Å². The van der Waals surface area contributed by atoms with Crippen LogP contribution >= 0.6 is 46.6 Å². The molecule has 0 heterocycles. The Kier molecular flexibility index (Phi) is 10.7. The van der Waals surface area contributed by atoms with Crippen LogP contribution in [0.3, 0.4) is 0 Å². The molecule has 0 saturated carbocycles.